The number of hydrogen-bond donors (Lipinski definition) is 1. The van der Waals surface area contributed by atoms with Gasteiger partial charge in [-0.25, -0.2) is 4.98 Å². The van der Waals surface area contributed by atoms with Gasteiger partial charge in [-0.15, -0.1) is 0 Å². The highest BCUT2D eigenvalue weighted by Crippen LogP contribution is 2.31. The number of nitrogens with zero attached hydrogens (tertiary/aromatic N) is 3. The molecule has 1 aromatic heterocycles. The van der Waals surface area contributed by atoms with Gasteiger partial charge in [0.2, 0.25) is 0 Å². The number of nitrogens with one attached hydrogen (secondary N) is 1. The lowest BCUT2D eigenvalue weighted by Crippen LogP contribution is -2.25. The molecule has 0 fully saturated rings. The average Bonchev–Trinajstić information content (AvgIpc) is 2.48. The van der Waals surface area contributed by atoms with E-state index in [9.17, 15) is 0 Å². The lowest BCUT2D eigenvalue weighted by atomic mass is 10.0. The second-order valence-corrected chi connectivity index (χ2v) is 4.78. The van der Waals surface area contributed by atoms with Crippen molar-refractivity contribution in [2.24, 2.45) is 0 Å². The number of para-hydroxylation sites is 1. The first-order valence-electron chi connectivity index (χ1n) is 6.69. The predicted octanol–water partition coefficient (Wildman–Crippen LogP) is 2.28. The molecule has 0 radical (unpaired) electrons. The highest BCUT2D eigenvalue weighted by atomic mass is 15.2. The van der Waals surface area contributed by atoms with Crippen LogP contribution in [0.2, 0.25) is 0 Å². The predicted molar refractivity (Wildman–Crippen MR) is 76.6 cm³/mol. The van der Waals surface area contributed by atoms with Crippen LogP contribution in [0.1, 0.15) is 17.7 Å². The van der Waals surface area contributed by atoms with Crippen LogP contribution >= 0.6 is 0 Å². The summed E-state index contributed by atoms with van der Waals surface area (Å²) in [5, 5.41) is 3.08. The zero-order chi connectivity index (χ0) is 13.1. The normalized spacial score (nSPS) is 14.3. The highest BCUT2D eigenvalue weighted by molar-refractivity contribution is 5.64. The Morgan fingerprint density at radius 3 is 2.89 bits per heavy atom. The van der Waals surface area contributed by atoms with Gasteiger partial charge in [0.1, 0.15) is 0 Å². The first kappa shape index (κ1) is 12.1. The number of benzene rings is 1. The van der Waals surface area contributed by atoms with Crippen LogP contribution in [0.5, 0.6) is 0 Å². The largest absolute Gasteiger partial charge is 0.325 e. The van der Waals surface area contributed by atoms with Gasteiger partial charge in [-0.3, -0.25) is 4.98 Å². The molecule has 4 heteroatoms. The Bertz CT molecular complexity index is 550. The van der Waals surface area contributed by atoms with E-state index in [4.69, 9.17) is 0 Å². The number of fused-ring (bicyclic) bond motifs is 1. The lowest BCUT2D eigenvalue weighted by Gasteiger charge is -2.30. The minimum Gasteiger partial charge on any atom is -0.325 e. The summed E-state index contributed by atoms with van der Waals surface area (Å²) >= 11 is 0. The smallest absolute Gasteiger partial charge is 0.151 e. The van der Waals surface area contributed by atoms with Gasteiger partial charge in [0.25, 0.3) is 0 Å². The summed E-state index contributed by atoms with van der Waals surface area (Å²) in [5.41, 5.74) is 3.64. The molecule has 0 bridgehead atoms. The van der Waals surface area contributed by atoms with Gasteiger partial charge in [-0.05, 0) is 31.5 Å². The molecule has 2 heterocycles. The van der Waals surface area contributed by atoms with Gasteiger partial charge in [0.15, 0.2) is 5.82 Å². The van der Waals surface area contributed by atoms with E-state index in [0.29, 0.717) is 0 Å². The molecule has 19 heavy (non-hydrogen) atoms. The van der Waals surface area contributed by atoms with Crippen LogP contribution in [0.25, 0.3) is 0 Å². The standard InChI is InChI=1S/C15H18N4/c1-16-9-13-10-18-15(11-17-13)19-8-4-6-12-5-2-3-7-14(12)19/h2-3,5,7,10-11,16H,4,6,8-9H2,1H3. The van der Waals surface area contributed by atoms with E-state index >= 15 is 0 Å². The summed E-state index contributed by atoms with van der Waals surface area (Å²) < 4.78 is 0. The Labute approximate surface area is 113 Å². The maximum Gasteiger partial charge on any atom is 0.151 e. The summed E-state index contributed by atoms with van der Waals surface area (Å²) in [6, 6.07) is 8.55. The fraction of sp³-hybridized carbons (Fsp3) is 0.333. The number of rotatable bonds is 3. The van der Waals surface area contributed by atoms with Crippen molar-refractivity contribution in [2.45, 2.75) is 19.4 Å². The molecule has 1 N–H and O–H groups in total. The summed E-state index contributed by atoms with van der Waals surface area (Å²) in [6.45, 7) is 1.76. The number of aromatic nitrogens is 2. The molecular weight excluding hydrogens is 236 g/mol. The second kappa shape index (κ2) is 5.36. The molecule has 1 aromatic carbocycles. The molecular formula is C15H18N4. The molecule has 0 aliphatic carbocycles. The van der Waals surface area contributed by atoms with Gasteiger partial charge in [-0.2, -0.15) is 0 Å². The van der Waals surface area contributed by atoms with Crippen LogP contribution in [0, 0.1) is 0 Å². The molecule has 0 atom stereocenters. The zero-order valence-electron chi connectivity index (χ0n) is 11.1. The molecule has 0 saturated heterocycles. The average molecular weight is 254 g/mol. The van der Waals surface area contributed by atoms with E-state index < -0.39 is 0 Å². The van der Waals surface area contributed by atoms with Crippen LogP contribution in [0.15, 0.2) is 36.7 Å². The van der Waals surface area contributed by atoms with Gasteiger partial charge in [0, 0.05) is 18.8 Å². The van der Waals surface area contributed by atoms with Gasteiger partial charge in [0.05, 0.1) is 18.1 Å². The van der Waals surface area contributed by atoms with Gasteiger partial charge in [-0.1, -0.05) is 18.2 Å². The van der Waals surface area contributed by atoms with Crippen molar-refractivity contribution in [1.82, 2.24) is 15.3 Å². The van der Waals surface area contributed by atoms with Gasteiger partial charge < -0.3 is 10.2 Å². The van der Waals surface area contributed by atoms with Crippen molar-refractivity contribution in [1.29, 1.82) is 0 Å². The number of hydrogen-bond acceptors (Lipinski definition) is 4. The Morgan fingerprint density at radius 1 is 1.21 bits per heavy atom. The van der Waals surface area contributed by atoms with Crippen molar-refractivity contribution in [3.8, 4) is 0 Å². The third-order valence-electron chi connectivity index (χ3n) is 3.44. The topological polar surface area (TPSA) is 41.1 Å². The monoisotopic (exact) mass is 254 g/mol. The van der Waals surface area contributed by atoms with E-state index in [0.717, 1.165) is 37.4 Å². The fourth-order valence-corrected chi connectivity index (χ4v) is 2.53. The Morgan fingerprint density at radius 2 is 2.11 bits per heavy atom. The third kappa shape index (κ3) is 2.44. The summed E-state index contributed by atoms with van der Waals surface area (Å²) in [7, 11) is 1.91. The summed E-state index contributed by atoms with van der Waals surface area (Å²) in [5.74, 6) is 0.937. The maximum atomic E-state index is 4.54. The molecule has 98 valence electrons. The molecule has 0 saturated carbocycles. The molecule has 1 aliphatic rings. The first-order chi connectivity index (χ1) is 9.38. The third-order valence-corrected chi connectivity index (χ3v) is 3.44. The molecule has 3 rings (SSSR count). The molecule has 0 amide bonds. The zero-order valence-corrected chi connectivity index (χ0v) is 11.1. The van der Waals surface area contributed by atoms with E-state index in [1.165, 1.54) is 11.3 Å². The minimum atomic E-state index is 0.754. The van der Waals surface area contributed by atoms with Crippen molar-refractivity contribution in [3.05, 3.63) is 47.9 Å². The van der Waals surface area contributed by atoms with E-state index in [1.54, 1.807) is 0 Å². The highest BCUT2D eigenvalue weighted by Gasteiger charge is 2.18. The van der Waals surface area contributed by atoms with Crippen molar-refractivity contribution < 1.29 is 0 Å². The van der Waals surface area contributed by atoms with E-state index in [2.05, 4.69) is 44.5 Å². The van der Waals surface area contributed by atoms with Crippen molar-refractivity contribution >= 4 is 11.5 Å². The summed E-state index contributed by atoms with van der Waals surface area (Å²) in [6.07, 6.45) is 6.03. The van der Waals surface area contributed by atoms with E-state index in [-0.39, 0.29) is 0 Å². The van der Waals surface area contributed by atoms with Crippen LogP contribution in [0.3, 0.4) is 0 Å². The Hall–Kier alpha value is -1.94. The Balaban J connectivity index is 1.90. The lowest BCUT2D eigenvalue weighted by molar-refractivity contribution is 0.749. The van der Waals surface area contributed by atoms with Crippen LogP contribution in [0.4, 0.5) is 11.5 Å². The maximum absolute atomic E-state index is 4.54. The first-order valence-corrected chi connectivity index (χ1v) is 6.69. The van der Waals surface area contributed by atoms with E-state index in [1.807, 2.05) is 19.4 Å². The quantitative estimate of drug-likeness (QED) is 0.912. The minimum absolute atomic E-state index is 0.754. The Kier molecular flexibility index (Phi) is 3.42. The van der Waals surface area contributed by atoms with Gasteiger partial charge >= 0.3 is 0 Å². The molecule has 4 nitrogen and oxygen atoms in total. The van der Waals surface area contributed by atoms with Crippen LogP contribution in [-0.2, 0) is 13.0 Å². The number of anilines is 2. The summed E-state index contributed by atoms with van der Waals surface area (Å²) in [4.78, 5) is 11.3. The van der Waals surface area contributed by atoms with Crippen molar-refractivity contribution in [2.75, 3.05) is 18.5 Å². The van der Waals surface area contributed by atoms with Crippen LogP contribution in [-0.4, -0.2) is 23.6 Å². The molecule has 0 unspecified atom stereocenters. The van der Waals surface area contributed by atoms with Crippen LogP contribution < -0.4 is 10.2 Å². The molecule has 1 aliphatic heterocycles. The fourth-order valence-electron chi connectivity index (χ4n) is 2.53. The second-order valence-electron chi connectivity index (χ2n) is 4.78. The number of aryl methyl sites for hydroxylation is 1. The molecule has 2 aromatic rings. The SMILES string of the molecule is CNCc1cnc(N2CCCc3ccccc32)cn1. The van der Waals surface area contributed by atoms with Crippen molar-refractivity contribution in [3.63, 3.8) is 0 Å². The molecule has 0 spiro atoms.